The molecule has 0 aliphatic rings. The molecule has 1 heterocycles. The Morgan fingerprint density at radius 1 is 1.25 bits per heavy atom. The van der Waals surface area contributed by atoms with Gasteiger partial charge in [0.05, 0.1) is 0 Å². The minimum atomic E-state index is 0.258. The van der Waals surface area contributed by atoms with Crippen molar-refractivity contribution in [2.24, 2.45) is 11.7 Å². The lowest BCUT2D eigenvalue weighted by molar-refractivity contribution is 0.441. The van der Waals surface area contributed by atoms with E-state index >= 15 is 0 Å². The van der Waals surface area contributed by atoms with E-state index in [2.05, 4.69) is 26.0 Å². The van der Waals surface area contributed by atoms with Crippen molar-refractivity contribution in [1.82, 2.24) is 0 Å². The molecule has 0 spiro atoms. The molecular weight excluding hydrogens is 198 g/mol. The Hall–Kier alpha value is -1.28. The zero-order valence-corrected chi connectivity index (χ0v) is 9.94. The zero-order valence-electron chi connectivity index (χ0n) is 9.94. The van der Waals surface area contributed by atoms with Crippen molar-refractivity contribution in [3.8, 4) is 0 Å². The van der Waals surface area contributed by atoms with Crippen LogP contribution in [-0.4, -0.2) is 6.04 Å². The van der Waals surface area contributed by atoms with E-state index < -0.39 is 0 Å². The molecule has 0 aliphatic heterocycles. The Balaban J connectivity index is 2.05. The van der Waals surface area contributed by atoms with Gasteiger partial charge < -0.3 is 10.2 Å². The highest BCUT2D eigenvalue weighted by molar-refractivity contribution is 5.77. The van der Waals surface area contributed by atoms with Gasteiger partial charge in [-0.05, 0) is 24.5 Å². The zero-order chi connectivity index (χ0) is 11.5. The van der Waals surface area contributed by atoms with Crippen LogP contribution >= 0.6 is 0 Å². The Kier molecular flexibility index (Phi) is 3.30. The van der Waals surface area contributed by atoms with Crippen LogP contribution in [0.4, 0.5) is 0 Å². The van der Waals surface area contributed by atoms with Gasteiger partial charge in [0, 0.05) is 17.8 Å². The second kappa shape index (κ2) is 4.71. The maximum Gasteiger partial charge on any atom is 0.134 e. The van der Waals surface area contributed by atoms with Gasteiger partial charge in [0.2, 0.25) is 0 Å². The summed E-state index contributed by atoms with van der Waals surface area (Å²) in [6.45, 7) is 4.31. The van der Waals surface area contributed by atoms with E-state index in [-0.39, 0.29) is 6.04 Å². The number of benzene rings is 1. The molecule has 2 nitrogen and oxygen atoms in total. The third kappa shape index (κ3) is 2.45. The second-order valence-corrected chi connectivity index (χ2v) is 4.70. The number of hydrogen-bond acceptors (Lipinski definition) is 2. The molecule has 2 heteroatoms. The number of rotatable bonds is 4. The lowest BCUT2D eigenvalue weighted by atomic mass is 10.00. The molecule has 16 heavy (non-hydrogen) atoms. The lowest BCUT2D eigenvalue weighted by Crippen LogP contribution is -2.26. The van der Waals surface area contributed by atoms with E-state index in [9.17, 15) is 0 Å². The molecule has 0 saturated carbocycles. The Morgan fingerprint density at radius 2 is 2.00 bits per heavy atom. The van der Waals surface area contributed by atoms with Crippen LogP contribution in [0.15, 0.2) is 34.7 Å². The van der Waals surface area contributed by atoms with Crippen LogP contribution in [0.25, 0.3) is 11.0 Å². The number of nitrogens with two attached hydrogens (primary N) is 1. The van der Waals surface area contributed by atoms with Crippen LogP contribution in [-0.2, 0) is 6.42 Å². The standard InChI is InChI=1S/C14H19NO/c1-10(2)13(15)8-7-12-9-11-5-3-4-6-14(11)16-12/h3-6,9-10,13H,7-8,15H2,1-2H3. The molecule has 86 valence electrons. The minimum Gasteiger partial charge on any atom is -0.461 e. The first-order valence-electron chi connectivity index (χ1n) is 5.90. The molecule has 0 amide bonds. The van der Waals surface area contributed by atoms with Crippen LogP contribution in [0.5, 0.6) is 0 Å². The summed E-state index contributed by atoms with van der Waals surface area (Å²) < 4.78 is 5.74. The van der Waals surface area contributed by atoms with E-state index in [0.717, 1.165) is 24.2 Å². The van der Waals surface area contributed by atoms with Crippen LogP contribution in [0.1, 0.15) is 26.0 Å². The average Bonchev–Trinajstić information content (AvgIpc) is 2.68. The molecule has 2 aromatic rings. The van der Waals surface area contributed by atoms with E-state index in [1.54, 1.807) is 0 Å². The molecule has 1 atom stereocenters. The molecule has 0 radical (unpaired) electrons. The Morgan fingerprint density at radius 3 is 2.69 bits per heavy atom. The fourth-order valence-corrected chi connectivity index (χ4v) is 1.80. The van der Waals surface area contributed by atoms with Crippen molar-refractivity contribution >= 4 is 11.0 Å². The Bertz CT molecular complexity index is 425. The van der Waals surface area contributed by atoms with E-state index in [1.807, 2.05) is 18.2 Å². The first-order valence-corrected chi connectivity index (χ1v) is 5.90. The predicted molar refractivity (Wildman–Crippen MR) is 67.3 cm³/mol. The first kappa shape index (κ1) is 11.2. The summed E-state index contributed by atoms with van der Waals surface area (Å²) in [5, 5.41) is 1.18. The summed E-state index contributed by atoms with van der Waals surface area (Å²) in [6.07, 6.45) is 1.91. The van der Waals surface area contributed by atoms with Gasteiger partial charge in [-0.2, -0.15) is 0 Å². The van der Waals surface area contributed by atoms with Gasteiger partial charge in [0.15, 0.2) is 0 Å². The highest BCUT2D eigenvalue weighted by Crippen LogP contribution is 2.20. The predicted octanol–water partition coefficient (Wildman–Crippen LogP) is 3.35. The largest absolute Gasteiger partial charge is 0.461 e. The monoisotopic (exact) mass is 217 g/mol. The van der Waals surface area contributed by atoms with Gasteiger partial charge in [0.25, 0.3) is 0 Å². The number of fused-ring (bicyclic) bond motifs is 1. The molecule has 1 unspecified atom stereocenters. The van der Waals surface area contributed by atoms with Gasteiger partial charge in [-0.15, -0.1) is 0 Å². The van der Waals surface area contributed by atoms with Gasteiger partial charge >= 0.3 is 0 Å². The van der Waals surface area contributed by atoms with E-state index in [1.165, 1.54) is 5.39 Å². The smallest absolute Gasteiger partial charge is 0.134 e. The molecule has 2 rings (SSSR count). The molecule has 0 bridgehead atoms. The van der Waals surface area contributed by atoms with E-state index in [0.29, 0.717) is 5.92 Å². The summed E-state index contributed by atoms with van der Waals surface area (Å²) in [7, 11) is 0. The van der Waals surface area contributed by atoms with Gasteiger partial charge in [-0.25, -0.2) is 0 Å². The third-order valence-electron chi connectivity index (χ3n) is 3.06. The quantitative estimate of drug-likeness (QED) is 0.853. The molecule has 1 aromatic carbocycles. The third-order valence-corrected chi connectivity index (χ3v) is 3.06. The summed E-state index contributed by atoms with van der Waals surface area (Å²) in [5.74, 6) is 1.57. The molecule has 1 aromatic heterocycles. The summed E-state index contributed by atoms with van der Waals surface area (Å²) in [6, 6.07) is 10.5. The van der Waals surface area contributed by atoms with Gasteiger partial charge in [-0.3, -0.25) is 0 Å². The normalized spacial score (nSPS) is 13.5. The fourth-order valence-electron chi connectivity index (χ4n) is 1.80. The van der Waals surface area contributed by atoms with Crippen LogP contribution < -0.4 is 5.73 Å². The number of para-hydroxylation sites is 1. The molecule has 0 aliphatic carbocycles. The highest BCUT2D eigenvalue weighted by Gasteiger charge is 2.09. The van der Waals surface area contributed by atoms with Crippen LogP contribution in [0.2, 0.25) is 0 Å². The van der Waals surface area contributed by atoms with Crippen LogP contribution in [0.3, 0.4) is 0 Å². The summed E-state index contributed by atoms with van der Waals surface area (Å²) in [5.41, 5.74) is 6.99. The fraction of sp³-hybridized carbons (Fsp3) is 0.429. The van der Waals surface area contributed by atoms with Crippen molar-refractivity contribution in [1.29, 1.82) is 0 Å². The van der Waals surface area contributed by atoms with Gasteiger partial charge in [-0.1, -0.05) is 32.0 Å². The maximum absolute atomic E-state index is 6.02. The van der Waals surface area contributed by atoms with Crippen LogP contribution in [0, 0.1) is 5.92 Å². The average molecular weight is 217 g/mol. The van der Waals surface area contributed by atoms with Crippen molar-refractivity contribution < 1.29 is 4.42 Å². The van der Waals surface area contributed by atoms with E-state index in [4.69, 9.17) is 10.2 Å². The first-order chi connectivity index (χ1) is 7.66. The van der Waals surface area contributed by atoms with Crippen molar-refractivity contribution in [3.05, 3.63) is 36.1 Å². The molecular formula is C14H19NO. The maximum atomic E-state index is 6.02. The molecule has 0 fully saturated rings. The highest BCUT2D eigenvalue weighted by atomic mass is 16.3. The topological polar surface area (TPSA) is 39.2 Å². The van der Waals surface area contributed by atoms with Crippen molar-refractivity contribution in [3.63, 3.8) is 0 Å². The Labute approximate surface area is 96.4 Å². The number of aryl methyl sites for hydroxylation is 1. The SMILES string of the molecule is CC(C)C(N)CCc1cc2ccccc2o1. The van der Waals surface area contributed by atoms with Gasteiger partial charge in [0.1, 0.15) is 11.3 Å². The van der Waals surface area contributed by atoms with Crippen molar-refractivity contribution in [2.45, 2.75) is 32.7 Å². The molecule has 0 saturated heterocycles. The lowest BCUT2D eigenvalue weighted by Gasteiger charge is -2.13. The molecule has 2 N–H and O–H groups in total. The summed E-state index contributed by atoms with van der Waals surface area (Å²) >= 11 is 0. The number of furan rings is 1. The number of hydrogen-bond donors (Lipinski definition) is 1. The summed E-state index contributed by atoms with van der Waals surface area (Å²) in [4.78, 5) is 0. The van der Waals surface area contributed by atoms with Crippen molar-refractivity contribution in [2.75, 3.05) is 0 Å². The minimum absolute atomic E-state index is 0.258. The second-order valence-electron chi connectivity index (χ2n) is 4.70.